The molecular formula is C35H36F3N5O3. The third-order valence-electron chi connectivity index (χ3n) is 9.24. The summed E-state index contributed by atoms with van der Waals surface area (Å²) in [5.74, 6) is -2.40. The number of anilines is 1. The first-order valence-corrected chi connectivity index (χ1v) is 15.5. The second kappa shape index (κ2) is 12.9. The summed E-state index contributed by atoms with van der Waals surface area (Å²) in [6.07, 6.45) is -1.20. The third-order valence-corrected chi connectivity index (χ3v) is 9.24. The van der Waals surface area contributed by atoms with Crippen LogP contribution in [0.4, 0.5) is 23.7 Å². The SMILES string of the molecule is C[C@H](c1c[nH]c2ccccc12)[C@@H](NC(=O)N1CCC(c2ccccc2)CC1)C(=O)Nc1ccc2c(c1)CN(C(=O)C(F)(F)F)CC2. The van der Waals surface area contributed by atoms with Gasteiger partial charge < -0.3 is 25.4 Å². The molecule has 1 aromatic heterocycles. The number of nitrogens with zero attached hydrogens (tertiary/aromatic N) is 2. The van der Waals surface area contributed by atoms with Crippen molar-refractivity contribution in [1.29, 1.82) is 0 Å². The van der Waals surface area contributed by atoms with Crippen molar-refractivity contribution in [2.24, 2.45) is 0 Å². The smallest absolute Gasteiger partial charge is 0.361 e. The Labute approximate surface area is 264 Å². The fourth-order valence-corrected chi connectivity index (χ4v) is 6.64. The number of piperidine rings is 1. The molecule has 2 aliphatic rings. The quantitative estimate of drug-likeness (QED) is 0.233. The van der Waals surface area contributed by atoms with E-state index in [2.05, 4.69) is 27.8 Å². The Kier molecular flexibility index (Phi) is 8.75. The maximum Gasteiger partial charge on any atom is 0.471 e. The summed E-state index contributed by atoms with van der Waals surface area (Å²) in [6.45, 7) is 2.76. The highest BCUT2D eigenvalue weighted by atomic mass is 19.4. The second-order valence-corrected chi connectivity index (χ2v) is 12.1. The second-order valence-electron chi connectivity index (χ2n) is 12.1. The molecule has 0 saturated carbocycles. The van der Waals surface area contributed by atoms with Crippen LogP contribution in [0, 0.1) is 0 Å². The van der Waals surface area contributed by atoms with Crippen molar-refractivity contribution in [3.8, 4) is 0 Å². The van der Waals surface area contributed by atoms with Crippen LogP contribution < -0.4 is 10.6 Å². The maximum atomic E-state index is 13.9. The number of hydrogen-bond donors (Lipinski definition) is 3. The molecule has 3 aromatic carbocycles. The molecule has 4 aromatic rings. The Hall–Kier alpha value is -4.80. The van der Waals surface area contributed by atoms with Gasteiger partial charge in [0.05, 0.1) is 0 Å². The van der Waals surface area contributed by atoms with Gasteiger partial charge in [-0.3, -0.25) is 9.59 Å². The van der Waals surface area contributed by atoms with Gasteiger partial charge in [-0.05, 0) is 65.6 Å². The van der Waals surface area contributed by atoms with Crippen LogP contribution >= 0.6 is 0 Å². The van der Waals surface area contributed by atoms with Crippen LogP contribution in [0.15, 0.2) is 79.0 Å². The number of benzene rings is 3. The predicted molar refractivity (Wildman–Crippen MR) is 169 cm³/mol. The average Bonchev–Trinajstić information content (AvgIpc) is 3.50. The number of rotatable bonds is 6. The van der Waals surface area contributed by atoms with E-state index in [0.29, 0.717) is 30.3 Å². The molecule has 1 saturated heterocycles. The van der Waals surface area contributed by atoms with Crippen LogP contribution in [0.3, 0.4) is 0 Å². The van der Waals surface area contributed by atoms with E-state index in [0.717, 1.165) is 39.8 Å². The molecule has 0 bridgehead atoms. The molecule has 0 radical (unpaired) electrons. The topological polar surface area (TPSA) is 97.5 Å². The van der Waals surface area contributed by atoms with E-state index in [1.54, 1.807) is 23.1 Å². The zero-order valence-electron chi connectivity index (χ0n) is 25.4. The van der Waals surface area contributed by atoms with Gasteiger partial charge in [-0.15, -0.1) is 0 Å². The molecule has 0 unspecified atom stereocenters. The highest BCUT2D eigenvalue weighted by molar-refractivity contribution is 5.98. The minimum atomic E-state index is -4.95. The summed E-state index contributed by atoms with van der Waals surface area (Å²) < 4.78 is 39.3. The Morgan fingerprint density at radius 2 is 1.61 bits per heavy atom. The molecule has 240 valence electrons. The lowest BCUT2D eigenvalue weighted by Gasteiger charge is -2.34. The molecule has 4 amide bonds. The number of nitrogens with one attached hydrogen (secondary N) is 3. The number of amides is 4. The largest absolute Gasteiger partial charge is 0.471 e. The molecule has 11 heteroatoms. The molecule has 3 N–H and O–H groups in total. The number of aromatic nitrogens is 1. The minimum Gasteiger partial charge on any atom is -0.361 e. The Morgan fingerprint density at radius 1 is 0.891 bits per heavy atom. The standard InChI is InChI=1S/C35H36F3N5O3/c1-22(29-20-39-30-10-6-5-9-28(29)30)31(41-34(46)42-16-13-25(14-17-42)23-7-3-2-4-8-23)32(44)40-27-12-11-24-15-18-43(21-26(24)19-27)33(45)35(36,37)38/h2-12,19-20,22,25,31,39H,13-18,21H2,1H3,(H,40,44)(H,41,46)/t22-,31-/m1/s1. The van der Waals surface area contributed by atoms with E-state index in [9.17, 15) is 27.6 Å². The molecule has 2 atom stereocenters. The normalized spacial score (nSPS) is 16.9. The number of para-hydroxylation sites is 1. The van der Waals surface area contributed by atoms with Gasteiger partial charge in [0.1, 0.15) is 6.04 Å². The summed E-state index contributed by atoms with van der Waals surface area (Å²) in [5, 5.41) is 6.82. The lowest BCUT2D eigenvalue weighted by atomic mass is 9.89. The molecule has 0 aliphatic carbocycles. The Morgan fingerprint density at radius 3 is 2.35 bits per heavy atom. The van der Waals surface area contributed by atoms with Gasteiger partial charge in [0.2, 0.25) is 5.91 Å². The van der Waals surface area contributed by atoms with Crippen molar-refractivity contribution in [1.82, 2.24) is 20.1 Å². The van der Waals surface area contributed by atoms with Gasteiger partial charge in [0, 0.05) is 54.9 Å². The Bertz CT molecular complexity index is 1730. The number of aromatic amines is 1. The van der Waals surface area contributed by atoms with E-state index in [4.69, 9.17) is 0 Å². The van der Waals surface area contributed by atoms with Crippen molar-refractivity contribution < 1.29 is 27.6 Å². The van der Waals surface area contributed by atoms with Crippen LogP contribution in [0.1, 0.15) is 53.9 Å². The first kappa shape index (κ1) is 31.2. The average molecular weight is 632 g/mol. The number of carbonyl (C=O) groups excluding carboxylic acids is 3. The van der Waals surface area contributed by atoms with Gasteiger partial charge in [0.15, 0.2) is 0 Å². The number of hydrogen-bond acceptors (Lipinski definition) is 3. The van der Waals surface area contributed by atoms with Crippen molar-refractivity contribution in [3.63, 3.8) is 0 Å². The summed E-state index contributed by atoms with van der Waals surface area (Å²) in [6, 6.07) is 21.7. The summed E-state index contributed by atoms with van der Waals surface area (Å²) in [5.41, 5.74) is 4.76. The van der Waals surface area contributed by atoms with Crippen LogP contribution in [0.5, 0.6) is 0 Å². The van der Waals surface area contributed by atoms with Crippen LogP contribution in [-0.2, 0) is 22.6 Å². The molecule has 3 heterocycles. The van der Waals surface area contributed by atoms with Gasteiger partial charge in [-0.25, -0.2) is 4.79 Å². The number of likely N-dealkylation sites (tertiary alicyclic amines) is 1. The molecule has 46 heavy (non-hydrogen) atoms. The number of fused-ring (bicyclic) bond motifs is 2. The molecule has 2 aliphatic heterocycles. The fraction of sp³-hybridized carbons (Fsp3) is 0.343. The molecule has 6 rings (SSSR count). The van der Waals surface area contributed by atoms with Crippen LogP contribution in [0.2, 0.25) is 0 Å². The number of alkyl halides is 3. The lowest BCUT2D eigenvalue weighted by Crippen LogP contribution is -2.53. The summed E-state index contributed by atoms with van der Waals surface area (Å²) in [7, 11) is 0. The number of H-pyrrole nitrogens is 1. The van der Waals surface area contributed by atoms with Crippen molar-refractivity contribution in [3.05, 3.63) is 101 Å². The van der Waals surface area contributed by atoms with Gasteiger partial charge in [-0.1, -0.05) is 61.5 Å². The van der Waals surface area contributed by atoms with Gasteiger partial charge in [-0.2, -0.15) is 13.2 Å². The number of carbonyl (C=O) groups is 3. The van der Waals surface area contributed by atoms with Crippen LogP contribution in [-0.4, -0.2) is 64.5 Å². The van der Waals surface area contributed by atoms with Crippen molar-refractivity contribution in [2.45, 2.75) is 56.8 Å². The monoisotopic (exact) mass is 631 g/mol. The Balaban J connectivity index is 1.20. The zero-order valence-corrected chi connectivity index (χ0v) is 25.4. The van der Waals surface area contributed by atoms with Gasteiger partial charge in [0.25, 0.3) is 0 Å². The summed E-state index contributed by atoms with van der Waals surface area (Å²) in [4.78, 5) is 45.2. The van der Waals surface area contributed by atoms with Crippen LogP contribution in [0.25, 0.3) is 10.9 Å². The molecule has 1 fully saturated rings. The zero-order chi connectivity index (χ0) is 32.4. The predicted octanol–water partition coefficient (Wildman–Crippen LogP) is 6.31. The highest BCUT2D eigenvalue weighted by Gasteiger charge is 2.43. The summed E-state index contributed by atoms with van der Waals surface area (Å²) >= 11 is 0. The first-order valence-electron chi connectivity index (χ1n) is 15.5. The maximum absolute atomic E-state index is 13.9. The van der Waals surface area contributed by atoms with Crippen molar-refractivity contribution in [2.75, 3.05) is 25.0 Å². The van der Waals surface area contributed by atoms with E-state index < -0.39 is 30.0 Å². The van der Waals surface area contributed by atoms with Crippen molar-refractivity contribution >= 4 is 34.4 Å². The minimum absolute atomic E-state index is 0.0319. The molecule has 0 spiro atoms. The highest BCUT2D eigenvalue weighted by Crippen LogP contribution is 2.31. The molecule has 8 nitrogen and oxygen atoms in total. The third kappa shape index (κ3) is 6.59. The fourth-order valence-electron chi connectivity index (χ4n) is 6.64. The van der Waals surface area contributed by atoms with Gasteiger partial charge >= 0.3 is 18.1 Å². The number of urea groups is 1. The van der Waals surface area contributed by atoms with E-state index in [1.165, 1.54) is 5.56 Å². The van der Waals surface area contributed by atoms with E-state index in [1.807, 2.05) is 55.6 Å². The van der Waals surface area contributed by atoms with E-state index in [-0.39, 0.29) is 25.5 Å². The molecular weight excluding hydrogens is 595 g/mol. The number of halogens is 3. The van der Waals surface area contributed by atoms with E-state index >= 15 is 0 Å². The lowest BCUT2D eigenvalue weighted by molar-refractivity contribution is -0.186. The first-order chi connectivity index (χ1) is 22.1.